The van der Waals surface area contributed by atoms with Gasteiger partial charge in [0.15, 0.2) is 0 Å². The van der Waals surface area contributed by atoms with Crippen LogP contribution < -0.4 is 0 Å². The molecule has 2 rings (SSSR count). The van der Waals surface area contributed by atoms with Crippen molar-refractivity contribution in [1.82, 2.24) is 0 Å². The van der Waals surface area contributed by atoms with E-state index in [1.54, 1.807) is 12.4 Å². The van der Waals surface area contributed by atoms with Crippen LogP contribution in [-0.4, -0.2) is 12.4 Å². The first kappa shape index (κ1) is 10.6. The van der Waals surface area contributed by atoms with Crippen LogP contribution >= 0.6 is 0 Å². The average molecular weight is 210 g/mol. The van der Waals surface area contributed by atoms with E-state index >= 15 is 0 Å². The summed E-state index contributed by atoms with van der Waals surface area (Å²) in [6.45, 7) is 3.84. The van der Waals surface area contributed by atoms with Crippen molar-refractivity contribution in [2.45, 2.75) is 13.8 Å². The van der Waals surface area contributed by atoms with E-state index in [-0.39, 0.29) is 0 Å². The molecule has 0 fully saturated rings. The summed E-state index contributed by atoms with van der Waals surface area (Å²) < 4.78 is 0. The molecule has 0 aliphatic rings. The first-order chi connectivity index (χ1) is 7.86. The predicted octanol–water partition coefficient (Wildman–Crippen LogP) is 4.28. The summed E-state index contributed by atoms with van der Waals surface area (Å²) in [5, 5.41) is 2.28. The van der Waals surface area contributed by atoms with Gasteiger partial charge in [-0.3, -0.25) is 9.98 Å². The van der Waals surface area contributed by atoms with Crippen LogP contribution in [0.3, 0.4) is 0 Å². The van der Waals surface area contributed by atoms with Crippen molar-refractivity contribution < 1.29 is 0 Å². The monoisotopic (exact) mass is 210 g/mol. The normalized spacial score (nSPS) is 11.9. The van der Waals surface area contributed by atoms with Gasteiger partial charge in [0, 0.05) is 17.8 Å². The number of hydrogen-bond donors (Lipinski definition) is 0. The molecule has 0 saturated carbocycles. The Hall–Kier alpha value is -1.96. The zero-order valence-electron chi connectivity index (χ0n) is 9.51. The van der Waals surface area contributed by atoms with Gasteiger partial charge in [-0.05, 0) is 31.4 Å². The van der Waals surface area contributed by atoms with Crippen molar-refractivity contribution in [2.24, 2.45) is 9.98 Å². The van der Waals surface area contributed by atoms with E-state index in [4.69, 9.17) is 0 Å². The second kappa shape index (κ2) is 4.71. The maximum atomic E-state index is 4.38. The smallest absolute Gasteiger partial charge is 0.0725 e. The summed E-state index contributed by atoms with van der Waals surface area (Å²) in [7, 11) is 0. The molecule has 0 amide bonds. The van der Waals surface area contributed by atoms with Gasteiger partial charge in [0.25, 0.3) is 0 Å². The third-order valence-corrected chi connectivity index (χ3v) is 2.40. The van der Waals surface area contributed by atoms with Crippen LogP contribution in [0.25, 0.3) is 10.8 Å². The fourth-order valence-corrected chi connectivity index (χ4v) is 1.80. The Bertz CT molecular complexity index is 507. The second-order valence-electron chi connectivity index (χ2n) is 3.43. The zero-order chi connectivity index (χ0) is 11.4. The highest BCUT2D eigenvalue weighted by Gasteiger charge is 2.03. The fraction of sp³-hybridized carbons (Fsp3) is 0.143. The molecule has 0 bridgehead atoms. The third kappa shape index (κ3) is 1.87. The van der Waals surface area contributed by atoms with Crippen molar-refractivity contribution >= 4 is 34.6 Å². The Labute approximate surface area is 95.4 Å². The van der Waals surface area contributed by atoms with Gasteiger partial charge in [-0.1, -0.05) is 24.3 Å². The molecule has 80 valence electrons. The van der Waals surface area contributed by atoms with Crippen LogP contribution in [0.5, 0.6) is 0 Å². The SMILES string of the molecule is CC=Nc1cccc2cccc(N=CC)c12. The van der Waals surface area contributed by atoms with Gasteiger partial charge in [-0.15, -0.1) is 0 Å². The standard InChI is InChI=1S/C14H14N2/c1-3-15-12-9-5-7-11-8-6-10-13(14(11)12)16-4-2/h3-10H,1-2H3. The van der Waals surface area contributed by atoms with E-state index in [1.807, 2.05) is 38.1 Å². The quantitative estimate of drug-likeness (QED) is 0.661. The maximum Gasteiger partial charge on any atom is 0.0725 e. The minimum Gasteiger partial charge on any atom is -0.261 e. The van der Waals surface area contributed by atoms with Gasteiger partial charge in [-0.25, -0.2) is 0 Å². The molecule has 0 aliphatic carbocycles. The number of aliphatic imine (C=N–C) groups is 2. The lowest BCUT2D eigenvalue weighted by molar-refractivity contribution is 1.53. The summed E-state index contributed by atoms with van der Waals surface area (Å²) in [5.74, 6) is 0. The lowest BCUT2D eigenvalue weighted by Crippen LogP contribution is -1.76. The van der Waals surface area contributed by atoms with Crippen LogP contribution in [0, 0.1) is 0 Å². The molecule has 0 heterocycles. The molecule has 0 radical (unpaired) electrons. The van der Waals surface area contributed by atoms with Crippen LogP contribution in [0.4, 0.5) is 11.4 Å². The average Bonchev–Trinajstić information content (AvgIpc) is 2.30. The predicted molar refractivity (Wildman–Crippen MR) is 71.6 cm³/mol. The van der Waals surface area contributed by atoms with E-state index in [1.165, 1.54) is 5.39 Å². The second-order valence-corrected chi connectivity index (χ2v) is 3.43. The van der Waals surface area contributed by atoms with Gasteiger partial charge < -0.3 is 0 Å². The summed E-state index contributed by atoms with van der Waals surface area (Å²) in [6, 6.07) is 12.2. The van der Waals surface area contributed by atoms with E-state index < -0.39 is 0 Å². The Morgan fingerprint density at radius 1 is 0.812 bits per heavy atom. The molecule has 2 nitrogen and oxygen atoms in total. The molecule has 2 heteroatoms. The minimum absolute atomic E-state index is 0.973. The topological polar surface area (TPSA) is 24.7 Å². The highest BCUT2D eigenvalue weighted by Crippen LogP contribution is 2.33. The van der Waals surface area contributed by atoms with Gasteiger partial charge in [-0.2, -0.15) is 0 Å². The Balaban J connectivity index is 2.81. The van der Waals surface area contributed by atoms with Crippen molar-refractivity contribution in [2.75, 3.05) is 0 Å². The number of benzene rings is 2. The van der Waals surface area contributed by atoms with Crippen molar-refractivity contribution in [3.05, 3.63) is 36.4 Å². The minimum atomic E-state index is 0.973. The number of rotatable bonds is 2. The Morgan fingerprint density at radius 2 is 1.31 bits per heavy atom. The molecule has 0 spiro atoms. The molecule has 0 aromatic heterocycles. The molecule has 0 N–H and O–H groups in total. The van der Waals surface area contributed by atoms with Crippen LogP contribution in [-0.2, 0) is 0 Å². The lowest BCUT2D eigenvalue weighted by atomic mass is 10.1. The van der Waals surface area contributed by atoms with Crippen LogP contribution in [0.1, 0.15) is 13.8 Å². The number of nitrogens with zero attached hydrogens (tertiary/aromatic N) is 2. The third-order valence-electron chi connectivity index (χ3n) is 2.40. The van der Waals surface area contributed by atoms with E-state index in [9.17, 15) is 0 Å². The molecule has 0 saturated heterocycles. The van der Waals surface area contributed by atoms with Crippen molar-refractivity contribution in [3.63, 3.8) is 0 Å². The van der Waals surface area contributed by atoms with E-state index in [2.05, 4.69) is 22.1 Å². The molecule has 0 unspecified atom stereocenters. The van der Waals surface area contributed by atoms with E-state index in [0.29, 0.717) is 0 Å². The Kier molecular flexibility index (Phi) is 3.10. The van der Waals surface area contributed by atoms with Crippen molar-refractivity contribution in [1.29, 1.82) is 0 Å². The van der Waals surface area contributed by atoms with Gasteiger partial charge in [0.1, 0.15) is 0 Å². The zero-order valence-corrected chi connectivity index (χ0v) is 9.51. The van der Waals surface area contributed by atoms with Gasteiger partial charge in [0.2, 0.25) is 0 Å². The molecular weight excluding hydrogens is 196 g/mol. The maximum absolute atomic E-state index is 4.38. The first-order valence-corrected chi connectivity index (χ1v) is 5.36. The van der Waals surface area contributed by atoms with E-state index in [0.717, 1.165) is 16.8 Å². The molecule has 0 atom stereocenters. The molecule has 2 aromatic carbocycles. The molecule has 2 aromatic rings. The molecule has 16 heavy (non-hydrogen) atoms. The van der Waals surface area contributed by atoms with Gasteiger partial charge >= 0.3 is 0 Å². The fourth-order valence-electron chi connectivity index (χ4n) is 1.80. The van der Waals surface area contributed by atoms with Crippen molar-refractivity contribution in [3.8, 4) is 0 Å². The number of hydrogen-bond acceptors (Lipinski definition) is 2. The summed E-state index contributed by atoms with van der Waals surface area (Å²) >= 11 is 0. The lowest BCUT2D eigenvalue weighted by Gasteiger charge is -2.04. The summed E-state index contributed by atoms with van der Waals surface area (Å²) in [4.78, 5) is 8.76. The molecular formula is C14H14N2. The molecule has 0 aliphatic heterocycles. The first-order valence-electron chi connectivity index (χ1n) is 5.36. The number of fused-ring (bicyclic) bond motifs is 1. The highest BCUT2D eigenvalue weighted by molar-refractivity contribution is 6.02. The summed E-state index contributed by atoms with van der Waals surface area (Å²) in [5.41, 5.74) is 1.95. The van der Waals surface area contributed by atoms with Crippen LogP contribution in [0.15, 0.2) is 46.4 Å². The summed E-state index contributed by atoms with van der Waals surface area (Å²) in [6.07, 6.45) is 3.61. The van der Waals surface area contributed by atoms with Crippen LogP contribution in [0.2, 0.25) is 0 Å². The van der Waals surface area contributed by atoms with Gasteiger partial charge in [0.05, 0.1) is 11.4 Å². The Morgan fingerprint density at radius 3 is 1.75 bits per heavy atom. The highest BCUT2D eigenvalue weighted by atomic mass is 14.8. The largest absolute Gasteiger partial charge is 0.261 e.